The monoisotopic (exact) mass is 754 g/mol. The smallest absolute Gasteiger partial charge is 0.280 e. The van der Waals surface area contributed by atoms with E-state index in [1.165, 1.54) is 23.1 Å². The highest BCUT2D eigenvalue weighted by Crippen LogP contribution is 2.50. The van der Waals surface area contributed by atoms with E-state index in [4.69, 9.17) is 21.1 Å². The highest BCUT2D eigenvalue weighted by Gasteiger charge is 2.46. The minimum atomic E-state index is -2.84. The first-order valence-electron chi connectivity index (χ1n) is 17.3. The number of aliphatic hydroxyl groups is 2. The molecular formula is C35H44F2N10O5S. The molecule has 10 N–H and O–H groups in total. The van der Waals surface area contributed by atoms with E-state index >= 15 is 0 Å². The number of halogens is 2. The largest absolute Gasteiger partial charge is 0.393 e. The van der Waals surface area contributed by atoms with Gasteiger partial charge in [0.05, 0.1) is 41.0 Å². The Balaban J connectivity index is 0.00000236. The Bertz CT molecular complexity index is 1920. The lowest BCUT2D eigenvalue weighted by atomic mass is 9.91. The predicted octanol–water partition coefficient (Wildman–Crippen LogP) is 3.01. The molecule has 1 atom stereocenters. The molecule has 3 fully saturated rings. The van der Waals surface area contributed by atoms with E-state index in [2.05, 4.69) is 45.7 Å². The molecule has 53 heavy (non-hydrogen) atoms. The van der Waals surface area contributed by atoms with Gasteiger partial charge in [-0.05, 0) is 63.2 Å². The summed E-state index contributed by atoms with van der Waals surface area (Å²) in [4.78, 5) is 32.8. The second-order valence-corrected chi connectivity index (χ2v) is 13.6. The van der Waals surface area contributed by atoms with Crippen LogP contribution in [0.5, 0.6) is 0 Å². The van der Waals surface area contributed by atoms with Crippen molar-refractivity contribution in [1.29, 1.82) is 0 Å². The van der Waals surface area contributed by atoms with Crippen LogP contribution >= 0.6 is 12.9 Å². The minimum Gasteiger partial charge on any atom is -0.393 e. The van der Waals surface area contributed by atoms with E-state index in [1.807, 2.05) is 29.9 Å². The van der Waals surface area contributed by atoms with Crippen molar-refractivity contribution in [3.05, 3.63) is 83.0 Å². The molecule has 2 amide bonds. The molecule has 2 aliphatic heterocycles. The number of amides is 2. The van der Waals surface area contributed by atoms with Gasteiger partial charge in [-0.1, -0.05) is 25.1 Å². The van der Waals surface area contributed by atoms with Crippen LogP contribution in [0.4, 0.5) is 20.2 Å². The molecule has 0 spiro atoms. The predicted molar refractivity (Wildman–Crippen MR) is 196 cm³/mol. The number of hydrogen-bond donors (Lipinski definition) is 9. The Morgan fingerprint density at radius 1 is 1.08 bits per heavy atom. The fourth-order valence-corrected chi connectivity index (χ4v) is 6.76. The third-order valence-corrected chi connectivity index (χ3v) is 9.90. The summed E-state index contributed by atoms with van der Waals surface area (Å²) in [6.07, 6.45) is 4.49. The van der Waals surface area contributed by atoms with Gasteiger partial charge in [-0.25, -0.2) is 18.7 Å². The van der Waals surface area contributed by atoms with Crippen molar-refractivity contribution in [2.24, 2.45) is 17.4 Å². The van der Waals surface area contributed by atoms with Crippen LogP contribution in [-0.4, -0.2) is 72.4 Å². The van der Waals surface area contributed by atoms with Gasteiger partial charge in [0.1, 0.15) is 22.9 Å². The van der Waals surface area contributed by atoms with Crippen LogP contribution in [0.3, 0.4) is 0 Å². The summed E-state index contributed by atoms with van der Waals surface area (Å²) in [5, 5.41) is 35.6. The Hall–Kier alpha value is -4.75. The van der Waals surface area contributed by atoms with E-state index in [0.717, 1.165) is 54.3 Å². The fraction of sp³-hybridized carbons (Fsp3) is 0.429. The van der Waals surface area contributed by atoms with Crippen LogP contribution in [0.25, 0.3) is 11.1 Å². The molecule has 15 nitrogen and oxygen atoms in total. The number of aromatic nitrogens is 3. The number of carbonyl (C=O) groups excluding carboxylic acids is 2. The summed E-state index contributed by atoms with van der Waals surface area (Å²) in [6, 6.07) is 9.19. The van der Waals surface area contributed by atoms with Crippen molar-refractivity contribution >= 4 is 36.1 Å². The molecule has 2 saturated carbocycles. The van der Waals surface area contributed by atoms with Gasteiger partial charge in [-0.3, -0.25) is 14.3 Å². The normalized spacial score (nSPS) is 19.3. The van der Waals surface area contributed by atoms with Crippen LogP contribution in [0.15, 0.2) is 65.9 Å². The number of anilines is 2. The first-order chi connectivity index (χ1) is 25.4. The van der Waals surface area contributed by atoms with Gasteiger partial charge in [0.2, 0.25) is 5.91 Å². The van der Waals surface area contributed by atoms with Gasteiger partial charge in [0, 0.05) is 49.3 Å². The lowest BCUT2D eigenvalue weighted by Crippen LogP contribution is -2.59. The average Bonchev–Trinajstić information content (AvgIpc) is 4.07. The summed E-state index contributed by atoms with van der Waals surface area (Å²) in [7, 11) is 1.96. The number of pyridine rings is 1. The number of para-hydroxylation sites is 1. The zero-order chi connectivity index (χ0) is 38.2. The summed E-state index contributed by atoms with van der Waals surface area (Å²) in [5.74, 6) is -3.15. The first kappa shape index (κ1) is 38.0. The van der Waals surface area contributed by atoms with Crippen molar-refractivity contribution in [3.8, 4) is 11.1 Å². The average molecular weight is 755 g/mol. The van der Waals surface area contributed by atoms with Gasteiger partial charge in [-0.15, -0.1) is 0 Å². The number of nitrogens with one attached hydrogen (secondary N) is 3. The third kappa shape index (κ3) is 7.68. The summed E-state index contributed by atoms with van der Waals surface area (Å²) < 4.78 is 35.1. The van der Waals surface area contributed by atoms with E-state index in [1.54, 1.807) is 6.20 Å². The Labute approximate surface area is 310 Å². The summed E-state index contributed by atoms with van der Waals surface area (Å²) in [6.45, 7) is 2.44. The maximum Gasteiger partial charge on any atom is 0.280 e. The number of fused-ring (bicyclic) bond motifs is 3. The van der Waals surface area contributed by atoms with E-state index in [9.17, 15) is 28.6 Å². The number of nitrogens with zero attached hydrogens (tertiary/aromatic N) is 5. The molecule has 3 aromatic rings. The Kier molecular flexibility index (Phi) is 11.0. The number of thiol groups is 1. The van der Waals surface area contributed by atoms with Crippen molar-refractivity contribution in [1.82, 2.24) is 30.3 Å². The summed E-state index contributed by atoms with van der Waals surface area (Å²) >= 11 is 2.53. The van der Waals surface area contributed by atoms with Crippen LogP contribution in [-0.2, 0) is 15.5 Å². The van der Waals surface area contributed by atoms with Crippen LogP contribution < -0.4 is 32.3 Å². The topological polar surface area (TPSA) is 220 Å². The van der Waals surface area contributed by atoms with E-state index in [-0.39, 0.29) is 65.9 Å². The van der Waals surface area contributed by atoms with Crippen molar-refractivity contribution < 1.29 is 33.1 Å². The quantitative estimate of drug-likeness (QED) is 0.0429. The lowest BCUT2D eigenvalue weighted by molar-refractivity contribution is -0.302. The lowest BCUT2D eigenvalue weighted by Gasteiger charge is -2.47. The van der Waals surface area contributed by atoms with Crippen molar-refractivity contribution in [3.63, 3.8) is 0 Å². The molecule has 1 aromatic carbocycles. The molecule has 1 unspecified atom stereocenters. The third-order valence-electron chi connectivity index (χ3n) is 9.90. The number of carbonyl (C=O) groups is 2. The molecule has 4 aliphatic rings. The number of benzene rings is 1. The van der Waals surface area contributed by atoms with Gasteiger partial charge in [0.25, 0.3) is 18.2 Å². The fourth-order valence-electron chi connectivity index (χ4n) is 6.76. The van der Waals surface area contributed by atoms with Crippen LogP contribution in [0, 0.1) is 5.92 Å². The van der Waals surface area contributed by atoms with Gasteiger partial charge in [-0.2, -0.15) is 5.10 Å². The van der Waals surface area contributed by atoms with E-state index < -0.39 is 23.9 Å². The molecule has 0 bridgehead atoms. The second kappa shape index (κ2) is 15.3. The maximum atomic E-state index is 13.3. The molecule has 0 radical (unpaired) electrons. The van der Waals surface area contributed by atoms with Crippen molar-refractivity contribution in [2.45, 2.75) is 69.5 Å². The molecule has 1 saturated heterocycles. The molecule has 284 valence electrons. The van der Waals surface area contributed by atoms with Crippen LogP contribution in [0.1, 0.15) is 74.6 Å². The Morgan fingerprint density at radius 3 is 2.42 bits per heavy atom. The minimum absolute atomic E-state index is 0.0616. The van der Waals surface area contributed by atoms with Crippen molar-refractivity contribution in [2.75, 3.05) is 30.4 Å². The number of allylic oxidation sites excluding steroid dienone is 1. The maximum absolute atomic E-state index is 13.3. The standard InChI is InChI=1S/C35H42F2N10O4.H2OS/c1-3-26-31-22(15-40-47(31)20-16-46(17-20)35(50,51)27-9-5-8-24(43-27)32(36)37)21-6-4-7-23(30(21)45(26)2)42-25(29(39)34(49)41-19-12-13-19)14-28(38)44-33(48)18-10-11-18;1-2/h4-9,14-15,18-20,26,32,42,50-51H,3,10-13,16-17,38-39H2,1-2H3,(H,41,49)(H,44,48);1-2H/b28-14+,29-25+;. The first-order valence-corrected chi connectivity index (χ1v) is 17.7. The molecule has 18 heteroatoms. The zero-order valence-corrected chi connectivity index (χ0v) is 30.1. The van der Waals surface area contributed by atoms with Gasteiger partial charge < -0.3 is 47.1 Å². The number of rotatable bonds is 12. The number of alkyl halides is 2. The highest BCUT2D eigenvalue weighted by molar-refractivity contribution is 7.74. The van der Waals surface area contributed by atoms with Crippen LogP contribution in [0.2, 0.25) is 0 Å². The molecule has 2 aromatic heterocycles. The van der Waals surface area contributed by atoms with E-state index in [0.29, 0.717) is 12.1 Å². The summed E-state index contributed by atoms with van der Waals surface area (Å²) in [5.41, 5.74) is 16.2. The zero-order valence-electron chi connectivity index (χ0n) is 29.2. The van der Waals surface area contributed by atoms with Gasteiger partial charge in [0.15, 0.2) is 0 Å². The number of likely N-dealkylation sites (tertiary alicyclic amines) is 1. The molecule has 7 rings (SSSR count). The Morgan fingerprint density at radius 2 is 1.77 bits per heavy atom. The molecule has 4 heterocycles. The van der Waals surface area contributed by atoms with Gasteiger partial charge >= 0.3 is 0 Å². The number of nitrogens with two attached hydrogens (primary N) is 2. The SMILES string of the molecule is CCC1c2c(cnn2C2CN(C(O)(O)c3cccc(C(F)F)n3)C2)-c2cccc(NC(/C=C(\N)NC(=O)C3CC3)=C(/N)C(=O)NC3CC3)c2N1C.OS. The molecule has 2 aliphatic carbocycles. The number of hydrogen-bond acceptors (Lipinski definition) is 13. The highest BCUT2D eigenvalue weighted by atomic mass is 32.1. The molecular weight excluding hydrogens is 711 g/mol. The second-order valence-electron chi connectivity index (χ2n) is 13.6.